The molecule has 0 radical (unpaired) electrons. The molecule has 1 N–H and O–H groups in total. The van der Waals surface area contributed by atoms with Crippen LogP contribution in [0.1, 0.15) is 37.3 Å². The summed E-state index contributed by atoms with van der Waals surface area (Å²) >= 11 is 5.94. The van der Waals surface area contributed by atoms with Crippen LogP contribution < -0.4 is 0 Å². The smallest absolute Gasteiger partial charge is 0.194 e. The number of aromatic nitrogens is 2. The van der Waals surface area contributed by atoms with Crippen LogP contribution in [0.4, 0.5) is 13.2 Å². The van der Waals surface area contributed by atoms with Gasteiger partial charge in [0.1, 0.15) is 6.10 Å². The van der Waals surface area contributed by atoms with Crippen LogP contribution in [0.5, 0.6) is 0 Å². The maximum atomic E-state index is 13.2. The van der Waals surface area contributed by atoms with E-state index >= 15 is 0 Å². The minimum absolute atomic E-state index is 0.109. The topological polar surface area (TPSA) is 38.0 Å². The van der Waals surface area contributed by atoms with Gasteiger partial charge >= 0.3 is 0 Å². The van der Waals surface area contributed by atoms with Gasteiger partial charge in [0.05, 0.1) is 16.9 Å². The van der Waals surface area contributed by atoms with Crippen molar-refractivity contribution in [3.05, 3.63) is 52.1 Å². The van der Waals surface area contributed by atoms with E-state index in [1.807, 2.05) is 13.8 Å². The molecule has 0 spiro atoms. The Labute approximate surface area is 118 Å². The van der Waals surface area contributed by atoms with E-state index in [9.17, 15) is 18.3 Å². The summed E-state index contributed by atoms with van der Waals surface area (Å²) in [5.41, 5.74) is 0.0674. The van der Waals surface area contributed by atoms with E-state index in [1.165, 1.54) is 10.9 Å². The number of aliphatic hydroxyl groups excluding tert-OH is 1. The minimum Gasteiger partial charge on any atom is -0.382 e. The molecule has 0 aliphatic rings. The fraction of sp³-hybridized carbons (Fsp3) is 0.308. The lowest BCUT2D eigenvalue weighted by atomic mass is 10.1. The predicted octanol–water partition coefficient (Wildman–Crippen LogP) is 3.62. The van der Waals surface area contributed by atoms with Crippen molar-refractivity contribution in [1.82, 2.24) is 9.78 Å². The second-order valence-electron chi connectivity index (χ2n) is 4.62. The summed E-state index contributed by atoms with van der Waals surface area (Å²) in [6.45, 7) is 3.62. The number of rotatable bonds is 3. The molecule has 1 unspecified atom stereocenters. The Morgan fingerprint density at radius 3 is 2.25 bits per heavy atom. The highest BCUT2D eigenvalue weighted by molar-refractivity contribution is 6.31. The van der Waals surface area contributed by atoms with Crippen LogP contribution in [0.3, 0.4) is 0 Å². The minimum atomic E-state index is -1.58. The number of hydrogen-bond acceptors (Lipinski definition) is 2. The van der Waals surface area contributed by atoms with Crippen molar-refractivity contribution < 1.29 is 18.3 Å². The SMILES string of the molecule is CC(C)n1ncc(Cl)c1C(O)c1cc(F)c(F)c(F)c1. The summed E-state index contributed by atoms with van der Waals surface area (Å²) in [5, 5.41) is 14.4. The second kappa shape index (κ2) is 5.46. The van der Waals surface area contributed by atoms with Gasteiger partial charge < -0.3 is 5.11 Å². The molecule has 0 fully saturated rings. The highest BCUT2D eigenvalue weighted by Crippen LogP contribution is 2.31. The number of aliphatic hydroxyl groups is 1. The average molecular weight is 305 g/mol. The van der Waals surface area contributed by atoms with Gasteiger partial charge in [0, 0.05) is 6.04 Å². The van der Waals surface area contributed by atoms with Crippen molar-refractivity contribution in [3.8, 4) is 0 Å². The summed E-state index contributed by atoms with van der Waals surface area (Å²) in [4.78, 5) is 0. The lowest BCUT2D eigenvalue weighted by Crippen LogP contribution is -2.13. The molecule has 0 saturated carbocycles. The zero-order valence-electron chi connectivity index (χ0n) is 10.7. The normalized spacial score (nSPS) is 13.0. The van der Waals surface area contributed by atoms with E-state index in [2.05, 4.69) is 5.10 Å². The molecule has 0 aliphatic heterocycles. The zero-order valence-corrected chi connectivity index (χ0v) is 11.5. The highest BCUT2D eigenvalue weighted by atomic mass is 35.5. The molecule has 3 nitrogen and oxygen atoms in total. The Bertz CT molecular complexity index is 620. The summed E-state index contributed by atoms with van der Waals surface area (Å²) < 4.78 is 40.8. The molecule has 0 amide bonds. The fourth-order valence-corrected chi connectivity index (χ4v) is 2.14. The van der Waals surface area contributed by atoms with E-state index in [0.29, 0.717) is 0 Å². The van der Waals surface area contributed by atoms with E-state index in [1.54, 1.807) is 0 Å². The van der Waals surface area contributed by atoms with Crippen molar-refractivity contribution >= 4 is 11.6 Å². The first kappa shape index (κ1) is 14.9. The van der Waals surface area contributed by atoms with Crippen LogP contribution in [0.15, 0.2) is 18.3 Å². The van der Waals surface area contributed by atoms with E-state index in [0.717, 1.165) is 12.1 Å². The monoisotopic (exact) mass is 304 g/mol. The molecule has 0 saturated heterocycles. The molecule has 108 valence electrons. The standard InChI is InChI=1S/C13H12ClF3N2O/c1-6(2)19-12(8(14)5-18-19)13(20)7-3-9(15)11(17)10(16)4-7/h3-6,13,20H,1-2H3. The van der Waals surface area contributed by atoms with E-state index < -0.39 is 23.6 Å². The molecule has 1 heterocycles. The molecule has 1 aromatic heterocycles. The highest BCUT2D eigenvalue weighted by Gasteiger charge is 2.23. The molecule has 1 atom stereocenters. The number of nitrogens with zero attached hydrogens (tertiary/aromatic N) is 2. The summed E-state index contributed by atoms with van der Waals surface area (Å²) in [7, 11) is 0. The molecule has 0 bridgehead atoms. The first-order chi connectivity index (χ1) is 9.32. The molecule has 20 heavy (non-hydrogen) atoms. The summed E-state index contributed by atoms with van der Waals surface area (Å²) in [6.07, 6.45) is -0.0758. The van der Waals surface area contributed by atoms with Gasteiger partial charge in [-0.2, -0.15) is 5.10 Å². The third kappa shape index (κ3) is 2.53. The zero-order chi connectivity index (χ0) is 15.0. The van der Waals surface area contributed by atoms with Gasteiger partial charge in [0.15, 0.2) is 17.5 Å². The van der Waals surface area contributed by atoms with E-state index in [-0.39, 0.29) is 22.3 Å². The van der Waals surface area contributed by atoms with Crippen molar-refractivity contribution in [3.63, 3.8) is 0 Å². The quantitative estimate of drug-likeness (QED) is 0.880. The van der Waals surface area contributed by atoms with Gasteiger partial charge in [0.2, 0.25) is 0 Å². The lowest BCUT2D eigenvalue weighted by Gasteiger charge is -2.17. The summed E-state index contributed by atoms with van der Waals surface area (Å²) in [6, 6.07) is 1.36. The maximum absolute atomic E-state index is 13.2. The van der Waals surface area contributed by atoms with Crippen molar-refractivity contribution in [2.24, 2.45) is 0 Å². The van der Waals surface area contributed by atoms with Crippen molar-refractivity contribution in [2.45, 2.75) is 26.0 Å². The van der Waals surface area contributed by atoms with Crippen LogP contribution in [-0.4, -0.2) is 14.9 Å². The first-order valence-corrected chi connectivity index (χ1v) is 6.26. The van der Waals surface area contributed by atoms with Gasteiger partial charge in [-0.1, -0.05) is 11.6 Å². The molecular weight excluding hydrogens is 293 g/mol. The van der Waals surface area contributed by atoms with Crippen LogP contribution in [0, 0.1) is 17.5 Å². The fourth-order valence-electron chi connectivity index (χ4n) is 1.91. The third-order valence-corrected chi connectivity index (χ3v) is 3.15. The molecule has 2 aromatic rings. The first-order valence-electron chi connectivity index (χ1n) is 5.88. The molecule has 0 aliphatic carbocycles. The van der Waals surface area contributed by atoms with Crippen LogP contribution in [0.2, 0.25) is 5.02 Å². The Morgan fingerprint density at radius 2 is 1.75 bits per heavy atom. The van der Waals surface area contributed by atoms with Crippen LogP contribution in [0.25, 0.3) is 0 Å². The Hall–Kier alpha value is -1.53. The average Bonchev–Trinajstić information content (AvgIpc) is 2.76. The van der Waals surface area contributed by atoms with Gasteiger partial charge in [-0.3, -0.25) is 4.68 Å². The Kier molecular flexibility index (Phi) is 4.06. The second-order valence-corrected chi connectivity index (χ2v) is 5.02. The predicted molar refractivity (Wildman–Crippen MR) is 68.0 cm³/mol. The van der Waals surface area contributed by atoms with Crippen LogP contribution >= 0.6 is 11.6 Å². The number of hydrogen-bond donors (Lipinski definition) is 1. The molecule has 2 rings (SSSR count). The largest absolute Gasteiger partial charge is 0.382 e. The van der Waals surface area contributed by atoms with Gasteiger partial charge in [-0.15, -0.1) is 0 Å². The Morgan fingerprint density at radius 1 is 1.20 bits per heavy atom. The van der Waals surface area contributed by atoms with Gasteiger partial charge in [-0.25, -0.2) is 13.2 Å². The number of halogens is 4. The lowest BCUT2D eigenvalue weighted by molar-refractivity contribution is 0.203. The van der Waals surface area contributed by atoms with Crippen molar-refractivity contribution in [1.29, 1.82) is 0 Å². The maximum Gasteiger partial charge on any atom is 0.194 e. The Balaban J connectivity index is 2.52. The number of benzene rings is 1. The molecular formula is C13H12ClF3N2O. The molecule has 1 aromatic carbocycles. The van der Waals surface area contributed by atoms with Gasteiger partial charge in [0.25, 0.3) is 0 Å². The van der Waals surface area contributed by atoms with Crippen molar-refractivity contribution in [2.75, 3.05) is 0 Å². The summed E-state index contributed by atoms with van der Waals surface area (Å²) in [5.74, 6) is -4.32. The van der Waals surface area contributed by atoms with Gasteiger partial charge in [-0.05, 0) is 31.5 Å². The third-order valence-electron chi connectivity index (χ3n) is 2.86. The molecule has 7 heteroatoms. The van der Waals surface area contributed by atoms with E-state index in [4.69, 9.17) is 11.6 Å². The van der Waals surface area contributed by atoms with Crippen LogP contribution in [-0.2, 0) is 0 Å².